The molecule has 168 valence electrons. The number of piperidine rings is 1. The van der Waals surface area contributed by atoms with Crippen molar-refractivity contribution in [2.45, 2.75) is 30.3 Å². The summed E-state index contributed by atoms with van der Waals surface area (Å²) in [5, 5.41) is 7.48. The van der Waals surface area contributed by atoms with Crippen LogP contribution in [-0.2, 0) is 16.4 Å². The van der Waals surface area contributed by atoms with Crippen molar-refractivity contribution >= 4 is 38.9 Å². The standard InChI is InChI=1S/C22H27Cl2N3O3S/c1-31(29,30)19-4-2-3-17(14-19)22(28)26-10-9-25-18-7-11-27(12-8-18)15-16-5-6-20(23)21(24)13-16/h2-6,13-14,18,25H,7-12,15H2,1H3,(H,26,28). The minimum absolute atomic E-state index is 0.144. The lowest BCUT2D eigenvalue weighted by Crippen LogP contribution is -2.44. The Morgan fingerprint density at radius 3 is 2.48 bits per heavy atom. The van der Waals surface area contributed by atoms with Crippen molar-refractivity contribution in [2.24, 2.45) is 0 Å². The molecule has 0 unspecified atom stereocenters. The van der Waals surface area contributed by atoms with Gasteiger partial charge in [-0.2, -0.15) is 0 Å². The molecule has 0 saturated carbocycles. The van der Waals surface area contributed by atoms with Crippen molar-refractivity contribution in [1.29, 1.82) is 0 Å². The minimum Gasteiger partial charge on any atom is -0.351 e. The predicted octanol–water partition coefficient (Wildman–Crippen LogP) is 3.38. The van der Waals surface area contributed by atoms with Crippen LogP contribution in [0.5, 0.6) is 0 Å². The van der Waals surface area contributed by atoms with E-state index >= 15 is 0 Å². The molecule has 0 radical (unpaired) electrons. The fraction of sp³-hybridized carbons (Fsp3) is 0.409. The van der Waals surface area contributed by atoms with E-state index < -0.39 is 9.84 Å². The predicted molar refractivity (Wildman–Crippen MR) is 125 cm³/mol. The van der Waals surface area contributed by atoms with Gasteiger partial charge in [-0.25, -0.2) is 8.42 Å². The van der Waals surface area contributed by atoms with Crippen LogP contribution in [0.15, 0.2) is 47.4 Å². The molecule has 2 aromatic rings. The van der Waals surface area contributed by atoms with E-state index in [1.54, 1.807) is 12.1 Å². The highest BCUT2D eigenvalue weighted by Crippen LogP contribution is 2.24. The van der Waals surface area contributed by atoms with Crippen molar-refractivity contribution in [1.82, 2.24) is 15.5 Å². The van der Waals surface area contributed by atoms with E-state index in [0.29, 0.717) is 34.7 Å². The lowest BCUT2D eigenvalue weighted by molar-refractivity contribution is 0.0952. The Labute approximate surface area is 193 Å². The third-order valence-corrected chi connectivity index (χ3v) is 7.19. The molecule has 1 saturated heterocycles. The summed E-state index contributed by atoms with van der Waals surface area (Å²) in [4.78, 5) is 14.8. The second-order valence-electron chi connectivity index (χ2n) is 7.81. The summed E-state index contributed by atoms with van der Waals surface area (Å²) in [6.45, 7) is 3.97. The molecule has 3 rings (SSSR count). The van der Waals surface area contributed by atoms with Crippen molar-refractivity contribution in [3.8, 4) is 0 Å². The third-order valence-electron chi connectivity index (χ3n) is 5.35. The highest BCUT2D eigenvalue weighted by Gasteiger charge is 2.19. The van der Waals surface area contributed by atoms with Gasteiger partial charge in [0.1, 0.15) is 0 Å². The molecule has 1 aliphatic rings. The highest BCUT2D eigenvalue weighted by molar-refractivity contribution is 7.90. The van der Waals surface area contributed by atoms with Gasteiger partial charge >= 0.3 is 0 Å². The van der Waals surface area contributed by atoms with Gasteiger partial charge in [-0.15, -0.1) is 0 Å². The summed E-state index contributed by atoms with van der Waals surface area (Å²) in [5.41, 5.74) is 1.50. The van der Waals surface area contributed by atoms with E-state index in [0.717, 1.165) is 44.3 Å². The number of likely N-dealkylation sites (tertiary alicyclic amines) is 1. The van der Waals surface area contributed by atoms with Gasteiger partial charge in [0.2, 0.25) is 0 Å². The maximum absolute atomic E-state index is 12.3. The van der Waals surface area contributed by atoms with Gasteiger partial charge in [-0.05, 0) is 61.8 Å². The lowest BCUT2D eigenvalue weighted by Gasteiger charge is -2.32. The van der Waals surface area contributed by atoms with Crippen LogP contribution in [0.25, 0.3) is 0 Å². The van der Waals surface area contributed by atoms with Crippen LogP contribution in [0.2, 0.25) is 10.0 Å². The van der Waals surface area contributed by atoms with Gasteiger partial charge in [0, 0.05) is 37.5 Å². The molecule has 0 atom stereocenters. The highest BCUT2D eigenvalue weighted by atomic mass is 35.5. The van der Waals surface area contributed by atoms with Crippen molar-refractivity contribution in [2.75, 3.05) is 32.4 Å². The zero-order chi connectivity index (χ0) is 22.4. The molecule has 9 heteroatoms. The molecule has 1 heterocycles. The number of hydrogen-bond donors (Lipinski definition) is 2. The first-order chi connectivity index (χ1) is 14.7. The minimum atomic E-state index is -3.34. The normalized spacial score (nSPS) is 15.7. The molecule has 1 aliphatic heterocycles. The molecular weight excluding hydrogens is 457 g/mol. The monoisotopic (exact) mass is 483 g/mol. The van der Waals surface area contributed by atoms with Gasteiger partial charge in [-0.1, -0.05) is 35.3 Å². The van der Waals surface area contributed by atoms with Gasteiger partial charge in [0.15, 0.2) is 9.84 Å². The van der Waals surface area contributed by atoms with Gasteiger partial charge < -0.3 is 10.6 Å². The second-order valence-corrected chi connectivity index (χ2v) is 10.6. The first-order valence-corrected chi connectivity index (χ1v) is 12.8. The molecular formula is C22H27Cl2N3O3S. The Morgan fingerprint density at radius 2 is 1.81 bits per heavy atom. The maximum Gasteiger partial charge on any atom is 0.251 e. The van der Waals surface area contributed by atoms with Crippen LogP contribution < -0.4 is 10.6 Å². The van der Waals surface area contributed by atoms with E-state index in [-0.39, 0.29) is 10.8 Å². The molecule has 6 nitrogen and oxygen atoms in total. The van der Waals surface area contributed by atoms with Crippen molar-refractivity contribution in [3.63, 3.8) is 0 Å². The smallest absolute Gasteiger partial charge is 0.251 e. The van der Waals surface area contributed by atoms with Crippen molar-refractivity contribution in [3.05, 3.63) is 63.6 Å². The average Bonchev–Trinajstić information content (AvgIpc) is 2.74. The average molecular weight is 484 g/mol. The summed E-state index contributed by atoms with van der Waals surface area (Å²) in [6.07, 6.45) is 3.20. The van der Waals surface area contributed by atoms with Crippen LogP contribution in [0.4, 0.5) is 0 Å². The number of halogens is 2. The number of amides is 1. The van der Waals surface area contributed by atoms with E-state index in [1.807, 2.05) is 18.2 Å². The molecule has 31 heavy (non-hydrogen) atoms. The Morgan fingerprint density at radius 1 is 1.06 bits per heavy atom. The SMILES string of the molecule is CS(=O)(=O)c1cccc(C(=O)NCCNC2CCN(Cc3ccc(Cl)c(Cl)c3)CC2)c1. The summed E-state index contributed by atoms with van der Waals surface area (Å²) in [7, 11) is -3.34. The number of nitrogens with one attached hydrogen (secondary N) is 2. The van der Waals surface area contributed by atoms with E-state index in [9.17, 15) is 13.2 Å². The van der Waals surface area contributed by atoms with E-state index in [4.69, 9.17) is 23.2 Å². The number of carbonyl (C=O) groups is 1. The number of carbonyl (C=O) groups excluding carboxylic acids is 1. The first kappa shape index (κ1) is 24.0. The first-order valence-electron chi connectivity index (χ1n) is 10.2. The summed E-state index contributed by atoms with van der Waals surface area (Å²) in [5.74, 6) is -0.274. The Kier molecular flexibility index (Phi) is 8.36. The molecule has 0 bridgehead atoms. The van der Waals surface area contributed by atoms with Gasteiger partial charge in [0.05, 0.1) is 14.9 Å². The van der Waals surface area contributed by atoms with Crippen molar-refractivity contribution < 1.29 is 13.2 Å². The fourth-order valence-corrected chi connectivity index (χ4v) is 4.60. The van der Waals surface area contributed by atoms with E-state index in [1.165, 1.54) is 12.1 Å². The van der Waals surface area contributed by atoms with Crippen LogP contribution in [0.1, 0.15) is 28.8 Å². The number of hydrogen-bond acceptors (Lipinski definition) is 5. The molecule has 0 spiro atoms. The molecule has 2 aromatic carbocycles. The van der Waals surface area contributed by atoms with Gasteiger partial charge in [-0.3, -0.25) is 9.69 Å². The summed E-state index contributed by atoms with van der Waals surface area (Å²) in [6, 6.07) is 12.3. The Hall–Kier alpha value is -1.64. The van der Waals surface area contributed by atoms with E-state index in [2.05, 4.69) is 15.5 Å². The zero-order valence-electron chi connectivity index (χ0n) is 17.4. The number of nitrogens with zero attached hydrogens (tertiary/aromatic N) is 1. The van der Waals surface area contributed by atoms with Crippen LogP contribution in [-0.4, -0.2) is 57.7 Å². The Bertz CT molecular complexity index is 1020. The molecule has 0 aromatic heterocycles. The maximum atomic E-state index is 12.3. The molecule has 2 N–H and O–H groups in total. The summed E-state index contributed by atoms with van der Waals surface area (Å²) < 4.78 is 23.3. The second kappa shape index (κ2) is 10.8. The quantitative estimate of drug-likeness (QED) is 0.562. The van der Waals surface area contributed by atoms with Gasteiger partial charge in [0.25, 0.3) is 5.91 Å². The third kappa shape index (κ3) is 7.19. The number of sulfone groups is 1. The molecule has 1 fully saturated rings. The number of rotatable bonds is 8. The number of benzene rings is 2. The Balaban J connectivity index is 1.36. The largest absolute Gasteiger partial charge is 0.351 e. The lowest BCUT2D eigenvalue weighted by atomic mass is 10.0. The van der Waals surface area contributed by atoms with Crippen LogP contribution in [0, 0.1) is 0 Å². The van der Waals surface area contributed by atoms with Crippen LogP contribution in [0.3, 0.4) is 0 Å². The molecule has 0 aliphatic carbocycles. The molecule has 1 amide bonds. The van der Waals surface area contributed by atoms with Crippen LogP contribution >= 0.6 is 23.2 Å². The fourth-order valence-electron chi connectivity index (χ4n) is 3.61. The topological polar surface area (TPSA) is 78.5 Å². The zero-order valence-corrected chi connectivity index (χ0v) is 19.7. The summed E-state index contributed by atoms with van der Waals surface area (Å²) >= 11 is 12.1.